The molecule has 0 radical (unpaired) electrons. The standard InChI is InChI=1S/C20H29N5/c1-3-21-19(22-13-10-17-14-24-25(2)15-17)23-16-20(11-7-12-20)18-8-5-4-6-9-18/h4-6,8-9,14-15H,3,7,10-13,16H2,1-2H3,(H2,21,22,23). The summed E-state index contributed by atoms with van der Waals surface area (Å²) in [4.78, 5) is 4.89. The second-order valence-electron chi connectivity index (χ2n) is 6.89. The molecule has 1 aromatic heterocycles. The summed E-state index contributed by atoms with van der Waals surface area (Å²) >= 11 is 0. The van der Waals surface area contributed by atoms with Crippen LogP contribution in [0.4, 0.5) is 0 Å². The minimum absolute atomic E-state index is 0.229. The lowest BCUT2D eigenvalue weighted by Crippen LogP contribution is -2.42. The van der Waals surface area contributed by atoms with Crippen LogP contribution in [0.15, 0.2) is 47.7 Å². The number of nitrogens with zero attached hydrogens (tertiary/aromatic N) is 3. The van der Waals surface area contributed by atoms with Gasteiger partial charge in [-0.3, -0.25) is 9.67 Å². The van der Waals surface area contributed by atoms with E-state index in [1.807, 2.05) is 17.9 Å². The molecule has 0 spiro atoms. The molecule has 1 aliphatic carbocycles. The van der Waals surface area contributed by atoms with Crippen LogP contribution >= 0.6 is 0 Å². The first-order chi connectivity index (χ1) is 12.2. The Hall–Kier alpha value is -2.30. The van der Waals surface area contributed by atoms with Crippen molar-refractivity contribution in [1.82, 2.24) is 20.4 Å². The van der Waals surface area contributed by atoms with Crippen molar-refractivity contribution in [3.05, 3.63) is 53.9 Å². The molecule has 2 aromatic rings. The van der Waals surface area contributed by atoms with Crippen LogP contribution in [0.5, 0.6) is 0 Å². The first-order valence-corrected chi connectivity index (χ1v) is 9.27. The molecule has 0 bridgehead atoms. The van der Waals surface area contributed by atoms with E-state index in [1.165, 1.54) is 30.4 Å². The lowest BCUT2D eigenvalue weighted by Gasteiger charge is -2.41. The first-order valence-electron chi connectivity index (χ1n) is 9.27. The van der Waals surface area contributed by atoms with Crippen LogP contribution in [0, 0.1) is 0 Å². The number of hydrogen-bond acceptors (Lipinski definition) is 2. The monoisotopic (exact) mass is 339 g/mol. The Morgan fingerprint density at radius 1 is 1.24 bits per heavy atom. The summed E-state index contributed by atoms with van der Waals surface area (Å²) in [6, 6.07) is 10.9. The van der Waals surface area contributed by atoms with Crippen molar-refractivity contribution in [2.24, 2.45) is 12.0 Å². The summed E-state index contributed by atoms with van der Waals surface area (Å²) in [6.45, 7) is 4.68. The number of guanidine groups is 1. The Morgan fingerprint density at radius 2 is 2.04 bits per heavy atom. The smallest absolute Gasteiger partial charge is 0.191 e. The number of rotatable bonds is 7. The van der Waals surface area contributed by atoms with Gasteiger partial charge >= 0.3 is 0 Å². The highest BCUT2D eigenvalue weighted by Gasteiger charge is 2.38. The minimum atomic E-state index is 0.229. The van der Waals surface area contributed by atoms with E-state index in [0.29, 0.717) is 0 Å². The van der Waals surface area contributed by atoms with E-state index in [2.05, 4.69) is 59.2 Å². The number of aryl methyl sites for hydroxylation is 1. The Kier molecular flexibility index (Phi) is 5.74. The molecule has 2 N–H and O–H groups in total. The molecule has 0 saturated heterocycles. The third kappa shape index (κ3) is 4.41. The number of nitrogens with one attached hydrogen (secondary N) is 2. The van der Waals surface area contributed by atoms with E-state index in [4.69, 9.17) is 4.99 Å². The number of aromatic nitrogens is 2. The Labute approximate surface area is 150 Å². The van der Waals surface area contributed by atoms with E-state index >= 15 is 0 Å². The average Bonchev–Trinajstić information content (AvgIpc) is 3.00. The molecule has 5 nitrogen and oxygen atoms in total. The number of aliphatic imine (C=N–C) groups is 1. The molecule has 25 heavy (non-hydrogen) atoms. The van der Waals surface area contributed by atoms with Crippen LogP contribution in [0.1, 0.15) is 37.3 Å². The van der Waals surface area contributed by atoms with Gasteiger partial charge in [-0.2, -0.15) is 5.10 Å². The van der Waals surface area contributed by atoms with Gasteiger partial charge in [0.1, 0.15) is 0 Å². The van der Waals surface area contributed by atoms with Gasteiger partial charge in [-0.15, -0.1) is 0 Å². The summed E-state index contributed by atoms with van der Waals surface area (Å²) < 4.78 is 1.84. The maximum absolute atomic E-state index is 4.89. The van der Waals surface area contributed by atoms with Crippen LogP contribution in [-0.2, 0) is 18.9 Å². The predicted molar refractivity (Wildman–Crippen MR) is 103 cm³/mol. The van der Waals surface area contributed by atoms with Crippen LogP contribution in [0.2, 0.25) is 0 Å². The summed E-state index contributed by atoms with van der Waals surface area (Å²) in [5.41, 5.74) is 2.90. The van der Waals surface area contributed by atoms with E-state index in [0.717, 1.165) is 32.0 Å². The molecule has 0 unspecified atom stereocenters. The molecule has 1 heterocycles. The van der Waals surface area contributed by atoms with Crippen molar-refractivity contribution in [1.29, 1.82) is 0 Å². The molecule has 0 atom stereocenters. The van der Waals surface area contributed by atoms with Crippen molar-refractivity contribution in [2.75, 3.05) is 19.6 Å². The molecule has 134 valence electrons. The lowest BCUT2D eigenvalue weighted by molar-refractivity contribution is 0.253. The Bertz CT molecular complexity index is 685. The average molecular weight is 339 g/mol. The fraction of sp³-hybridized carbons (Fsp3) is 0.500. The highest BCUT2D eigenvalue weighted by atomic mass is 15.2. The Morgan fingerprint density at radius 3 is 2.64 bits per heavy atom. The molecule has 1 aromatic carbocycles. The van der Waals surface area contributed by atoms with Crippen molar-refractivity contribution in [3.8, 4) is 0 Å². The first kappa shape index (κ1) is 17.5. The van der Waals surface area contributed by atoms with Crippen molar-refractivity contribution in [2.45, 2.75) is 38.0 Å². The molecule has 1 saturated carbocycles. The lowest BCUT2D eigenvalue weighted by atomic mass is 9.64. The van der Waals surface area contributed by atoms with Gasteiger partial charge in [0, 0.05) is 31.7 Å². The molecule has 3 rings (SSSR count). The minimum Gasteiger partial charge on any atom is -0.357 e. The van der Waals surface area contributed by atoms with E-state index in [-0.39, 0.29) is 5.41 Å². The normalized spacial score (nSPS) is 16.3. The van der Waals surface area contributed by atoms with Gasteiger partial charge in [0.25, 0.3) is 0 Å². The van der Waals surface area contributed by atoms with Gasteiger partial charge in [-0.05, 0) is 37.3 Å². The second kappa shape index (κ2) is 8.19. The molecular formula is C20H29N5. The maximum atomic E-state index is 4.89. The fourth-order valence-electron chi connectivity index (χ4n) is 3.43. The topological polar surface area (TPSA) is 54.2 Å². The summed E-state index contributed by atoms with van der Waals surface area (Å²) in [7, 11) is 1.95. The summed E-state index contributed by atoms with van der Waals surface area (Å²) in [5, 5.41) is 11.0. The maximum Gasteiger partial charge on any atom is 0.191 e. The zero-order valence-corrected chi connectivity index (χ0v) is 15.3. The van der Waals surface area contributed by atoms with E-state index in [9.17, 15) is 0 Å². The second-order valence-corrected chi connectivity index (χ2v) is 6.89. The van der Waals surface area contributed by atoms with Gasteiger partial charge < -0.3 is 10.6 Å². The fourth-order valence-corrected chi connectivity index (χ4v) is 3.43. The zero-order valence-electron chi connectivity index (χ0n) is 15.3. The molecule has 1 aliphatic rings. The molecular weight excluding hydrogens is 310 g/mol. The largest absolute Gasteiger partial charge is 0.357 e. The number of benzene rings is 1. The quantitative estimate of drug-likeness (QED) is 0.602. The van der Waals surface area contributed by atoms with Crippen LogP contribution in [0.3, 0.4) is 0 Å². The van der Waals surface area contributed by atoms with Gasteiger partial charge in [0.2, 0.25) is 0 Å². The van der Waals surface area contributed by atoms with Crippen LogP contribution in [0.25, 0.3) is 0 Å². The molecule has 1 fully saturated rings. The molecule has 5 heteroatoms. The SMILES string of the molecule is CCNC(=NCC1(c2ccccc2)CCC1)NCCc1cnn(C)c1. The predicted octanol–water partition coefficient (Wildman–Crippen LogP) is 2.64. The highest BCUT2D eigenvalue weighted by molar-refractivity contribution is 5.79. The summed E-state index contributed by atoms with van der Waals surface area (Å²) in [5.74, 6) is 0.911. The van der Waals surface area contributed by atoms with E-state index in [1.54, 1.807) is 0 Å². The van der Waals surface area contributed by atoms with E-state index < -0.39 is 0 Å². The van der Waals surface area contributed by atoms with Gasteiger partial charge in [0.05, 0.1) is 12.7 Å². The van der Waals surface area contributed by atoms with Crippen molar-refractivity contribution < 1.29 is 0 Å². The van der Waals surface area contributed by atoms with Gasteiger partial charge in [0.15, 0.2) is 5.96 Å². The summed E-state index contributed by atoms with van der Waals surface area (Å²) in [6.07, 6.45) is 8.69. The third-order valence-corrected chi connectivity index (χ3v) is 5.05. The van der Waals surface area contributed by atoms with Gasteiger partial charge in [-0.1, -0.05) is 36.8 Å². The van der Waals surface area contributed by atoms with Gasteiger partial charge in [-0.25, -0.2) is 0 Å². The third-order valence-electron chi connectivity index (χ3n) is 5.05. The van der Waals surface area contributed by atoms with Crippen molar-refractivity contribution in [3.63, 3.8) is 0 Å². The van der Waals surface area contributed by atoms with Crippen molar-refractivity contribution >= 4 is 5.96 Å². The number of hydrogen-bond donors (Lipinski definition) is 2. The molecule has 0 aliphatic heterocycles. The molecule has 0 amide bonds. The zero-order chi connectivity index (χ0) is 17.5. The van der Waals surface area contributed by atoms with Crippen LogP contribution < -0.4 is 10.6 Å². The Balaban J connectivity index is 1.59. The highest BCUT2D eigenvalue weighted by Crippen LogP contribution is 2.43. The van der Waals surface area contributed by atoms with Crippen LogP contribution in [-0.4, -0.2) is 35.4 Å².